The second-order valence-corrected chi connectivity index (χ2v) is 10.4. The monoisotopic (exact) mass is 487 g/mol. The van der Waals surface area contributed by atoms with E-state index in [0.717, 1.165) is 16.8 Å². The average Bonchev–Trinajstić information content (AvgIpc) is 3.45. The Hall–Kier alpha value is -3.39. The molecular weight excluding hydrogens is 458 g/mol. The summed E-state index contributed by atoms with van der Waals surface area (Å²) in [5.74, 6) is 0.690. The van der Waals surface area contributed by atoms with Gasteiger partial charge >= 0.3 is 0 Å². The molecule has 180 valence electrons. The highest BCUT2D eigenvalue weighted by atomic mass is 32.2. The third-order valence-corrected chi connectivity index (χ3v) is 7.75. The number of hydrogen-bond donors (Lipinski definition) is 0. The molecule has 0 fully saturated rings. The minimum absolute atomic E-state index is 0.0418. The number of amides is 1. The van der Waals surface area contributed by atoms with Gasteiger partial charge < -0.3 is 4.90 Å². The molecule has 0 aliphatic carbocycles. The van der Waals surface area contributed by atoms with Crippen molar-refractivity contribution < 1.29 is 4.79 Å². The van der Waals surface area contributed by atoms with Crippen molar-refractivity contribution in [2.75, 3.05) is 5.75 Å². The van der Waals surface area contributed by atoms with Crippen LogP contribution in [0.15, 0.2) is 64.7 Å². The molecule has 2 aromatic carbocycles. The van der Waals surface area contributed by atoms with E-state index in [1.165, 1.54) is 17.3 Å². The van der Waals surface area contributed by atoms with E-state index in [1.54, 1.807) is 15.4 Å². The lowest BCUT2D eigenvalue weighted by atomic mass is 10.1. The summed E-state index contributed by atoms with van der Waals surface area (Å²) in [6, 6.07) is 15.9. The Bertz CT molecular complexity index is 1460. The summed E-state index contributed by atoms with van der Waals surface area (Å²) in [5, 5.41) is 5.59. The first-order valence-electron chi connectivity index (χ1n) is 11.9. The fraction of sp³-hybridized carbons (Fsp3) is 0.333. The van der Waals surface area contributed by atoms with Crippen molar-refractivity contribution >= 4 is 28.7 Å². The first kappa shape index (κ1) is 23.4. The first-order chi connectivity index (χ1) is 16.8. The number of benzene rings is 2. The van der Waals surface area contributed by atoms with Gasteiger partial charge in [-0.1, -0.05) is 48.2 Å². The molecule has 1 aliphatic heterocycles. The summed E-state index contributed by atoms with van der Waals surface area (Å²) in [4.78, 5) is 33.5. The molecule has 1 unspecified atom stereocenters. The predicted molar refractivity (Wildman–Crippen MR) is 139 cm³/mol. The second-order valence-electron chi connectivity index (χ2n) is 9.40. The van der Waals surface area contributed by atoms with Crippen molar-refractivity contribution in [3.63, 3.8) is 0 Å². The Morgan fingerprint density at radius 3 is 2.63 bits per heavy atom. The minimum atomic E-state index is -0.228. The highest BCUT2D eigenvalue weighted by Crippen LogP contribution is 2.34. The number of aryl methyl sites for hydroxylation is 2. The van der Waals surface area contributed by atoms with Gasteiger partial charge in [0.05, 0.1) is 17.9 Å². The van der Waals surface area contributed by atoms with Crippen LogP contribution >= 0.6 is 11.8 Å². The smallest absolute Gasteiger partial charge is 0.265 e. The quantitative estimate of drug-likeness (QED) is 0.370. The molecule has 0 saturated carbocycles. The number of carbonyl (C=O) groups excluding carboxylic acids is 1. The number of thioether (sulfide) groups is 1. The third kappa shape index (κ3) is 4.38. The van der Waals surface area contributed by atoms with E-state index in [9.17, 15) is 9.59 Å². The van der Waals surface area contributed by atoms with Gasteiger partial charge in [-0.15, -0.1) is 0 Å². The number of rotatable bonds is 6. The lowest BCUT2D eigenvalue weighted by Crippen LogP contribution is -2.38. The highest BCUT2D eigenvalue weighted by molar-refractivity contribution is 7.99. The summed E-state index contributed by atoms with van der Waals surface area (Å²) in [6.07, 6.45) is 1.86. The van der Waals surface area contributed by atoms with Crippen LogP contribution in [-0.2, 0) is 11.3 Å². The van der Waals surface area contributed by atoms with Gasteiger partial charge in [0.15, 0.2) is 10.8 Å². The maximum absolute atomic E-state index is 13.5. The molecule has 0 radical (unpaired) electrons. The molecule has 1 atom stereocenters. The van der Waals surface area contributed by atoms with Crippen LogP contribution in [0.5, 0.6) is 0 Å². The molecule has 0 spiro atoms. The molecule has 1 amide bonds. The van der Waals surface area contributed by atoms with Crippen molar-refractivity contribution in [1.29, 1.82) is 0 Å². The molecule has 2 aromatic heterocycles. The van der Waals surface area contributed by atoms with Crippen LogP contribution in [0.25, 0.3) is 16.7 Å². The van der Waals surface area contributed by atoms with Crippen molar-refractivity contribution in [1.82, 2.24) is 24.2 Å². The van der Waals surface area contributed by atoms with E-state index in [0.29, 0.717) is 28.5 Å². The second kappa shape index (κ2) is 9.34. The van der Waals surface area contributed by atoms with E-state index in [4.69, 9.17) is 4.98 Å². The molecule has 3 heterocycles. The van der Waals surface area contributed by atoms with Gasteiger partial charge in [0.25, 0.3) is 5.56 Å². The van der Waals surface area contributed by atoms with Crippen LogP contribution in [0.1, 0.15) is 43.0 Å². The third-order valence-electron chi connectivity index (χ3n) is 6.66. The SMILES string of the molecule is Cc1ccc(-n2ncc3c(=O)n4c(nc32)SCC4CC(=O)N(Cc2ccccc2)C(C)C)cc1C. The maximum Gasteiger partial charge on any atom is 0.265 e. The van der Waals surface area contributed by atoms with Crippen LogP contribution in [0.3, 0.4) is 0 Å². The van der Waals surface area contributed by atoms with Gasteiger partial charge in [-0.25, -0.2) is 9.67 Å². The van der Waals surface area contributed by atoms with Crippen molar-refractivity contribution in [3.8, 4) is 5.69 Å². The fourth-order valence-corrected chi connectivity index (χ4v) is 5.62. The summed E-state index contributed by atoms with van der Waals surface area (Å²) >= 11 is 1.52. The summed E-state index contributed by atoms with van der Waals surface area (Å²) < 4.78 is 3.42. The van der Waals surface area contributed by atoms with E-state index in [2.05, 4.69) is 25.0 Å². The summed E-state index contributed by atoms with van der Waals surface area (Å²) in [7, 11) is 0. The van der Waals surface area contributed by atoms with Crippen molar-refractivity contribution in [3.05, 3.63) is 81.8 Å². The number of hydrogen-bond acceptors (Lipinski definition) is 5. The van der Waals surface area contributed by atoms with E-state index >= 15 is 0 Å². The zero-order chi connectivity index (χ0) is 24.7. The summed E-state index contributed by atoms with van der Waals surface area (Å²) in [5.41, 5.74) is 4.74. The Morgan fingerprint density at radius 2 is 1.91 bits per heavy atom. The lowest BCUT2D eigenvalue weighted by molar-refractivity contribution is -0.134. The molecule has 35 heavy (non-hydrogen) atoms. The largest absolute Gasteiger partial charge is 0.336 e. The molecule has 0 bridgehead atoms. The molecular formula is C27H29N5O2S. The van der Waals surface area contributed by atoms with Crippen molar-refractivity contribution in [2.24, 2.45) is 0 Å². The molecule has 0 N–H and O–H groups in total. The lowest BCUT2D eigenvalue weighted by Gasteiger charge is -2.28. The van der Waals surface area contributed by atoms with Crippen LogP contribution in [0.4, 0.5) is 0 Å². The fourth-order valence-electron chi connectivity index (χ4n) is 4.48. The van der Waals surface area contributed by atoms with E-state index < -0.39 is 0 Å². The zero-order valence-corrected chi connectivity index (χ0v) is 21.2. The number of fused-ring (bicyclic) bond motifs is 2. The highest BCUT2D eigenvalue weighted by Gasteiger charge is 2.31. The van der Waals surface area contributed by atoms with Gasteiger partial charge in [0, 0.05) is 24.8 Å². The Balaban J connectivity index is 1.44. The molecule has 1 aliphatic rings. The molecule has 4 aromatic rings. The Morgan fingerprint density at radius 1 is 1.14 bits per heavy atom. The van der Waals surface area contributed by atoms with Crippen LogP contribution in [0.2, 0.25) is 0 Å². The van der Waals surface area contributed by atoms with E-state index in [1.807, 2.05) is 61.2 Å². The first-order valence-corrected chi connectivity index (χ1v) is 12.9. The molecule has 7 nitrogen and oxygen atoms in total. The van der Waals surface area contributed by atoms with Crippen LogP contribution < -0.4 is 5.56 Å². The van der Waals surface area contributed by atoms with Gasteiger partial charge in [-0.2, -0.15) is 5.10 Å². The topological polar surface area (TPSA) is 73.0 Å². The Kier molecular flexibility index (Phi) is 6.23. The van der Waals surface area contributed by atoms with Gasteiger partial charge in [-0.05, 0) is 56.5 Å². The minimum Gasteiger partial charge on any atom is -0.336 e. The predicted octanol–water partition coefficient (Wildman–Crippen LogP) is 4.67. The Labute approximate surface area is 208 Å². The number of carbonyl (C=O) groups is 1. The average molecular weight is 488 g/mol. The van der Waals surface area contributed by atoms with Gasteiger partial charge in [0.2, 0.25) is 5.91 Å². The summed E-state index contributed by atoms with van der Waals surface area (Å²) in [6.45, 7) is 8.72. The standard InChI is InChI=1S/C27H29N5O2S/c1-17(2)30(15-20-8-6-5-7-9-20)24(33)13-22-16-35-27-29-25-23(26(34)31(22)27)14-28-32(25)21-11-10-18(3)19(4)12-21/h5-12,14,17,22H,13,15-16H2,1-4H3. The molecule has 5 rings (SSSR count). The van der Waals surface area contributed by atoms with Crippen LogP contribution in [-0.4, -0.2) is 41.9 Å². The normalized spacial score (nSPS) is 15.1. The zero-order valence-electron chi connectivity index (χ0n) is 20.4. The number of nitrogens with zero attached hydrogens (tertiary/aromatic N) is 5. The van der Waals surface area contributed by atoms with E-state index in [-0.39, 0.29) is 30.0 Å². The maximum atomic E-state index is 13.5. The molecule has 0 saturated heterocycles. The number of aromatic nitrogens is 4. The van der Waals surface area contributed by atoms with Gasteiger partial charge in [-0.3, -0.25) is 14.2 Å². The molecule has 8 heteroatoms. The van der Waals surface area contributed by atoms with Crippen molar-refractivity contribution in [2.45, 2.75) is 57.9 Å². The van der Waals surface area contributed by atoms with Gasteiger partial charge in [0.1, 0.15) is 5.39 Å². The van der Waals surface area contributed by atoms with Crippen LogP contribution in [0, 0.1) is 13.8 Å².